The highest BCUT2D eigenvalue weighted by molar-refractivity contribution is 8.00. The van der Waals surface area contributed by atoms with E-state index in [-0.39, 0.29) is 23.1 Å². The number of hydrogen-bond donors (Lipinski definition) is 1. The predicted molar refractivity (Wildman–Crippen MR) is 123 cm³/mol. The van der Waals surface area contributed by atoms with Crippen molar-refractivity contribution in [2.75, 3.05) is 39.0 Å². The Balaban J connectivity index is 1.45. The van der Waals surface area contributed by atoms with Gasteiger partial charge in [0.25, 0.3) is 0 Å². The minimum absolute atomic E-state index is 0.0203. The van der Waals surface area contributed by atoms with Gasteiger partial charge in [-0.25, -0.2) is 9.97 Å². The number of carbonyl (C=O) groups is 2. The Bertz CT molecular complexity index is 895. The van der Waals surface area contributed by atoms with Gasteiger partial charge in [-0.15, -0.1) is 11.8 Å². The fourth-order valence-corrected chi connectivity index (χ4v) is 4.94. The molecule has 1 saturated heterocycles. The van der Waals surface area contributed by atoms with Crippen molar-refractivity contribution in [1.29, 1.82) is 0 Å². The molecule has 0 aromatic carbocycles. The molecule has 0 saturated carbocycles. The van der Waals surface area contributed by atoms with Gasteiger partial charge in [0.1, 0.15) is 5.76 Å². The molecule has 8 nitrogen and oxygen atoms in total. The number of hydrogen-bond acceptors (Lipinski definition) is 8. The van der Waals surface area contributed by atoms with Crippen molar-refractivity contribution in [3.63, 3.8) is 0 Å². The first-order valence-electron chi connectivity index (χ1n) is 10.4. The number of oxazole rings is 1. The van der Waals surface area contributed by atoms with E-state index in [2.05, 4.69) is 36.1 Å². The second kappa shape index (κ2) is 10.1. The van der Waals surface area contributed by atoms with Crippen molar-refractivity contribution in [2.45, 2.75) is 49.0 Å². The molecule has 0 aliphatic carbocycles. The van der Waals surface area contributed by atoms with Gasteiger partial charge < -0.3 is 19.5 Å². The third kappa shape index (κ3) is 6.78. The maximum Gasteiger partial charge on any atom is 0.236 e. The number of aromatic nitrogens is 2. The number of nitrogens with zero attached hydrogens (tertiary/aromatic N) is 4. The molecule has 0 unspecified atom stereocenters. The third-order valence-electron chi connectivity index (χ3n) is 5.02. The number of carbonyl (C=O) groups excluding carboxylic acids is 2. The Kier molecular flexibility index (Phi) is 7.77. The van der Waals surface area contributed by atoms with Crippen LogP contribution in [0, 0.1) is 5.92 Å². The number of anilines is 1. The van der Waals surface area contributed by atoms with Crippen LogP contribution in [0.15, 0.2) is 21.0 Å². The Morgan fingerprint density at radius 1 is 1.26 bits per heavy atom. The highest BCUT2D eigenvalue weighted by Gasteiger charge is 2.28. The summed E-state index contributed by atoms with van der Waals surface area (Å²) in [5.41, 5.74) is -0.0619. The Labute approximate surface area is 191 Å². The lowest BCUT2D eigenvalue weighted by Crippen LogP contribution is -2.44. The zero-order valence-electron chi connectivity index (χ0n) is 18.8. The van der Waals surface area contributed by atoms with Crippen LogP contribution < -0.4 is 5.32 Å². The number of thiazole rings is 1. The zero-order valence-corrected chi connectivity index (χ0v) is 20.4. The Morgan fingerprint density at radius 3 is 2.58 bits per heavy atom. The second-order valence-electron chi connectivity index (χ2n) is 9.02. The van der Waals surface area contributed by atoms with Crippen molar-refractivity contribution in [1.82, 2.24) is 19.8 Å². The Hall–Kier alpha value is -1.91. The largest absolute Gasteiger partial charge is 0.444 e. The molecule has 3 rings (SSSR count). The molecule has 31 heavy (non-hydrogen) atoms. The van der Waals surface area contributed by atoms with Gasteiger partial charge >= 0.3 is 0 Å². The average molecular weight is 466 g/mol. The van der Waals surface area contributed by atoms with Crippen LogP contribution in [0.1, 0.15) is 45.3 Å². The summed E-state index contributed by atoms with van der Waals surface area (Å²) >= 11 is 3.04. The van der Waals surface area contributed by atoms with E-state index in [1.165, 1.54) is 11.3 Å². The fourth-order valence-electron chi connectivity index (χ4n) is 3.21. The molecule has 170 valence electrons. The van der Waals surface area contributed by atoms with Gasteiger partial charge in [0, 0.05) is 24.4 Å². The summed E-state index contributed by atoms with van der Waals surface area (Å²) in [4.78, 5) is 37.2. The van der Waals surface area contributed by atoms with Crippen molar-refractivity contribution < 1.29 is 14.0 Å². The molecule has 0 atom stereocenters. The third-order valence-corrected chi connectivity index (χ3v) is 7.11. The molecule has 2 amide bonds. The first-order valence-corrected chi connectivity index (χ1v) is 12.2. The van der Waals surface area contributed by atoms with Crippen LogP contribution in [-0.2, 0) is 20.8 Å². The van der Waals surface area contributed by atoms with E-state index in [0.717, 1.165) is 9.97 Å². The molecule has 0 bridgehead atoms. The number of amides is 2. The van der Waals surface area contributed by atoms with Crippen molar-refractivity contribution in [3.05, 3.63) is 24.0 Å². The molecular formula is C21H31N5O3S2. The molecule has 1 aliphatic heterocycles. The van der Waals surface area contributed by atoms with E-state index in [1.807, 2.05) is 23.9 Å². The lowest BCUT2D eigenvalue weighted by molar-refractivity contribution is -0.135. The smallest absolute Gasteiger partial charge is 0.236 e. The van der Waals surface area contributed by atoms with Crippen LogP contribution in [0.2, 0.25) is 0 Å². The molecule has 1 N–H and O–H groups in total. The molecule has 1 aliphatic rings. The molecule has 0 radical (unpaired) electrons. The first kappa shape index (κ1) is 23.7. The lowest BCUT2D eigenvalue weighted by atomic mass is 9.94. The van der Waals surface area contributed by atoms with Crippen LogP contribution in [0.4, 0.5) is 5.13 Å². The summed E-state index contributed by atoms with van der Waals surface area (Å²) < 4.78 is 6.81. The lowest BCUT2D eigenvalue weighted by Gasteiger charge is -2.31. The molecule has 1 fully saturated rings. The minimum Gasteiger partial charge on any atom is -0.444 e. The van der Waals surface area contributed by atoms with E-state index in [0.29, 0.717) is 49.3 Å². The first-order chi connectivity index (χ1) is 14.6. The maximum absolute atomic E-state index is 12.6. The molecular weight excluding hydrogens is 434 g/mol. The summed E-state index contributed by atoms with van der Waals surface area (Å²) in [5, 5.41) is 3.53. The molecule has 2 aromatic rings. The zero-order chi connectivity index (χ0) is 22.6. The van der Waals surface area contributed by atoms with Gasteiger partial charge in [-0.2, -0.15) is 0 Å². The van der Waals surface area contributed by atoms with Crippen LogP contribution in [-0.4, -0.2) is 65.3 Å². The predicted octanol–water partition coefficient (Wildman–Crippen LogP) is 3.46. The quantitative estimate of drug-likeness (QED) is 0.626. The monoisotopic (exact) mass is 465 g/mol. The maximum atomic E-state index is 12.6. The van der Waals surface area contributed by atoms with Gasteiger partial charge in [-0.1, -0.05) is 32.1 Å². The van der Waals surface area contributed by atoms with Gasteiger partial charge in [-0.05, 0) is 26.9 Å². The van der Waals surface area contributed by atoms with E-state index >= 15 is 0 Å². The fraction of sp³-hybridized carbons (Fsp3) is 0.619. The molecule has 10 heteroatoms. The van der Waals surface area contributed by atoms with Crippen LogP contribution >= 0.6 is 23.1 Å². The summed E-state index contributed by atoms with van der Waals surface area (Å²) in [6.45, 7) is 7.92. The standard InChI is InChI=1S/C21H31N5O3S2/c1-21(2,3)15-10-22-16(29-15)13-30-18-11-23-20(31-18)24-19(28)14-6-8-26(9-7-14)17(27)12-25(4)5/h10-11,14H,6-9,12-13H2,1-5H3,(H,23,24,28). The number of piperidine rings is 1. The highest BCUT2D eigenvalue weighted by atomic mass is 32.2. The topological polar surface area (TPSA) is 91.6 Å². The van der Waals surface area contributed by atoms with Gasteiger partial charge in [-0.3, -0.25) is 9.59 Å². The number of nitrogens with one attached hydrogen (secondary N) is 1. The van der Waals surface area contributed by atoms with E-state index in [1.54, 1.807) is 24.2 Å². The van der Waals surface area contributed by atoms with Crippen LogP contribution in [0.25, 0.3) is 0 Å². The summed E-state index contributed by atoms with van der Waals surface area (Å²) in [6.07, 6.45) is 4.91. The minimum atomic E-state index is -0.0912. The van der Waals surface area contributed by atoms with Crippen molar-refractivity contribution in [2.24, 2.45) is 5.92 Å². The second-order valence-corrected chi connectivity index (χ2v) is 11.3. The number of likely N-dealkylation sites (N-methyl/N-ethyl adjacent to an activating group) is 1. The summed E-state index contributed by atoms with van der Waals surface area (Å²) in [6, 6.07) is 0. The Morgan fingerprint density at radius 2 is 1.97 bits per heavy atom. The summed E-state index contributed by atoms with van der Waals surface area (Å²) in [7, 11) is 3.76. The van der Waals surface area contributed by atoms with E-state index in [9.17, 15) is 9.59 Å². The van der Waals surface area contributed by atoms with Crippen molar-refractivity contribution >= 4 is 40.0 Å². The highest BCUT2D eigenvalue weighted by Crippen LogP contribution is 2.32. The van der Waals surface area contributed by atoms with Gasteiger partial charge in [0.05, 0.1) is 28.9 Å². The van der Waals surface area contributed by atoms with E-state index < -0.39 is 0 Å². The van der Waals surface area contributed by atoms with Gasteiger partial charge in [0.15, 0.2) is 5.13 Å². The van der Waals surface area contributed by atoms with Crippen molar-refractivity contribution in [3.8, 4) is 0 Å². The number of rotatable bonds is 7. The average Bonchev–Trinajstić information content (AvgIpc) is 3.35. The SMILES string of the molecule is CN(C)CC(=O)N1CCC(C(=O)Nc2ncc(SCc3ncc(C(C)(C)C)o3)s2)CC1. The van der Waals surface area contributed by atoms with Gasteiger partial charge in [0.2, 0.25) is 17.7 Å². The van der Waals surface area contributed by atoms with E-state index in [4.69, 9.17) is 4.42 Å². The normalized spacial score (nSPS) is 15.5. The molecule has 0 spiro atoms. The molecule has 3 heterocycles. The van der Waals surface area contributed by atoms with Crippen LogP contribution in [0.5, 0.6) is 0 Å². The number of thioether (sulfide) groups is 1. The summed E-state index contributed by atoms with van der Waals surface area (Å²) in [5.74, 6) is 2.18. The van der Waals surface area contributed by atoms with Crippen LogP contribution in [0.3, 0.4) is 0 Å². The number of likely N-dealkylation sites (tertiary alicyclic amines) is 1. The molecule has 2 aromatic heterocycles.